The number of hydrogen-bond donors (Lipinski definition) is 2. The molecule has 0 spiro atoms. The van der Waals surface area contributed by atoms with Gasteiger partial charge in [0.25, 0.3) is 0 Å². The number of amides is 1. The van der Waals surface area contributed by atoms with Gasteiger partial charge in [-0.15, -0.1) is 0 Å². The lowest BCUT2D eigenvalue weighted by Crippen LogP contribution is -2.45. The van der Waals surface area contributed by atoms with E-state index in [1.54, 1.807) is 6.20 Å². The number of rotatable bonds is 3. The normalized spacial score (nSPS) is 17.8. The molecule has 0 bridgehead atoms. The van der Waals surface area contributed by atoms with E-state index in [9.17, 15) is 4.79 Å². The van der Waals surface area contributed by atoms with Gasteiger partial charge in [-0.2, -0.15) is 0 Å². The van der Waals surface area contributed by atoms with Gasteiger partial charge in [0.15, 0.2) is 0 Å². The molecule has 2 rings (SSSR count). The molecule has 3 N–H and O–H groups in total. The van der Waals surface area contributed by atoms with Crippen molar-refractivity contribution in [1.82, 2.24) is 4.98 Å². The van der Waals surface area contributed by atoms with Gasteiger partial charge in [0.1, 0.15) is 5.82 Å². The highest BCUT2D eigenvalue weighted by molar-refractivity contribution is 9.10. The van der Waals surface area contributed by atoms with Crippen molar-refractivity contribution in [3.8, 4) is 0 Å². The van der Waals surface area contributed by atoms with Crippen molar-refractivity contribution in [3.05, 3.63) is 22.3 Å². The van der Waals surface area contributed by atoms with Gasteiger partial charge in [0.2, 0.25) is 5.91 Å². The molecule has 21 heavy (non-hydrogen) atoms. The molecule has 0 radical (unpaired) electrons. The summed E-state index contributed by atoms with van der Waals surface area (Å²) in [5.74, 6) is 0.456. The summed E-state index contributed by atoms with van der Waals surface area (Å²) in [5, 5.41) is 2.92. The summed E-state index contributed by atoms with van der Waals surface area (Å²) in [7, 11) is 0. The van der Waals surface area contributed by atoms with E-state index >= 15 is 0 Å². The fourth-order valence-electron chi connectivity index (χ4n) is 2.82. The van der Waals surface area contributed by atoms with Crippen molar-refractivity contribution in [3.63, 3.8) is 0 Å². The average molecular weight is 370 g/mol. The van der Waals surface area contributed by atoms with Gasteiger partial charge in [-0.25, -0.2) is 4.98 Å². The van der Waals surface area contributed by atoms with Crippen LogP contribution in [0.3, 0.4) is 0 Å². The number of nitrogens with one attached hydrogen (secondary N) is 1. The van der Waals surface area contributed by atoms with Crippen molar-refractivity contribution in [1.29, 1.82) is 0 Å². The second kappa shape index (κ2) is 6.83. The molecule has 1 aliphatic carbocycles. The Hall–Kier alpha value is -1.01. The molecule has 1 heterocycles. The van der Waals surface area contributed by atoms with Crippen LogP contribution < -0.4 is 11.1 Å². The summed E-state index contributed by atoms with van der Waals surface area (Å²) in [4.78, 5) is 17.4. The Morgan fingerprint density at radius 2 is 2.00 bits per heavy atom. The monoisotopic (exact) mass is 369 g/mol. The maximum absolute atomic E-state index is 12.8. The third-order valence-corrected chi connectivity index (χ3v) is 4.96. The molecule has 1 saturated carbocycles. The lowest BCUT2D eigenvalue weighted by Gasteiger charge is -2.30. The first kappa shape index (κ1) is 16.4. The van der Waals surface area contributed by atoms with Crippen LogP contribution in [0.15, 0.2) is 16.7 Å². The van der Waals surface area contributed by atoms with E-state index in [0.717, 1.165) is 48.6 Å². The summed E-state index contributed by atoms with van der Waals surface area (Å²) in [5.41, 5.74) is 6.11. The molecule has 0 unspecified atom stereocenters. The van der Waals surface area contributed by atoms with Crippen LogP contribution in [0, 0.1) is 12.3 Å². The van der Waals surface area contributed by atoms with Crippen LogP contribution in [0.4, 0.5) is 5.82 Å². The smallest absolute Gasteiger partial charge is 0.238 e. The third-order valence-electron chi connectivity index (χ3n) is 4.14. The SMILES string of the molecule is Cc1cc(Br)cnc1NC(=O)C1(C(N)=S)CCCCCC1. The number of nitrogens with zero attached hydrogens (tertiary/aromatic N) is 1. The quantitative estimate of drug-likeness (QED) is 0.629. The molecule has 0 saturated heterocycles. The summed E-state index contributed by atoms with van der Waals surface area (Å²) >= 11 is 8.59. The second-order valence-electron chi connectivity index (χ2n) is 5.63. The number of aryl methyl sites for hydroxylation is 1. The number of hydrogen-bond acceptors (Lipinski definition) is 3. The lowest BCUT2D eigenvalue weighted by atomic mass is 9.79. The van der Waals surface area contributed by atoms with Crippen molar-refractivity contribution in [2.75, 3.05) is 5.32 Å². The number of thiocarbonyl (C=S) groups is 1. The van der Waals surface area contributed by atoms with Crippen LogP contribution in [0.25, 0.3) is 0 Å². The summed E-state index contributed by atoms with van der Waals surface area (Å²) in [6.07, 6.45) is 7.35. The molecule has 1 fully saturated rings. The maximum atomic E-state index is 12.8. The Bertz CT molecular complexity index is 554. The van der Waals surface area contributed by atoms with Crippen molar-refractivity contribution in [2.45, 2.75) is 45.4 Å². The fraction of sp³-hybridized carbons (Fsp3) is 0.533. The van der Waals surface area contributed by atoms with Crippen LogP contribution in [-0.2, 0) is 4.79 Å². The molecular formula is C15H20BrN3OS. The van der Waals surface area contributed by atoms with Gasteiger partial charge in [0.05, 0.1) is 10.4 Å². The minimum Gasteiger partial charge on any atom is -0.392 e. The number of carbonyl (C=O) groups is 1. The number of anilines is 1. The molecule has 6 heteroatoms. The van der Waals surface area contributed by atoms with Crippen molar-refractivity contribution in [2.24, 2.45) is 11.1 Å². The zero-order valence-electron chi connectivity index (χ0n) is 12.1. The average Bonchev–Trinajstić information content (AvgIpc) is 2.68. The number of carbonyl (C=O) groups excluding carboxylic acids is 1. The first-order valence-corrected chi connectivity index (χ1v) is 8.39. The van der Waals surface area contributed by atoms with Gasteiger partial charge in [-0.1, -0.05) is 37.9 Å². The van der Waals surface area contributed by atoms with Gasteiger partial charge >= 0.3 is 0 Å². The molecule has 0 aliphatic heterocycles. The molecular weight excluding hydrogens is 350 g/mol. The van der Waals surface area contributed by atoms with Gasteiger partial charge < -0.3 is 11.1 Å². The van der Waals surface area contributed by atoms with E-state index in [0.29, 0.717) is 10.8 Å². The Morgan fingerprint density at radius 1 is 1.38 bits per heavy atom. The fourth-order valence-corrected chi connectivity index (χ4v) is 3.56. The highest BCUT2D eigenvalue weighted by atomic mass is 79.9. The first-order valence-electron chi connectivity index (χ1n) is 7.19. The molecule has 1 aliphatic rings. The predicted molar refractivity (Wildman–Crippen MR) is 92.2 cm³/mol. The van der Waals surface area contributed by atoms with Crippen LogP contribution in [0.1, 0.15) is 44.1 Å². The molecule has 1 amide bonds. The van der Waals surface area contributed by atoms with Gasteiger partial charge in [0, 0.05) is 10.7 Å². The predicted octanol–water partition coefficient (Wildman–Crippen LogP) is 3.72. The van der Waals surface area contributed by atoms with E-state index in [-0.39, 0.29) is 5.91 Å². The van der Waals surface area contributed by atoms with Crippen LogP contribution in [0.2, 0.25) is 0 Å². The van der Waals surface area contributed by atoms with E-state index in [4.69, 9.17) is 18.0 Å². The number of halogens is 1. The van der Waals surface area contributed by atoms with E-state index in [1.165, 1.54) is 0 Å². The Labute approximate surface area is 139 Å². The minimum absolute atomic E-state index is 0.116. The van der Waals surface area contributed by atoms with E-state index < -0.39 is 5.41 Å². The van der Waals surface area contributed by atoms with Crippen LogP contribution in [-0.4, -0.2) is 15.9 Å². The number of nitrogens with two attached hydrogens (primary N) is 1. The highest BCUT2D eigenvalue weighted by Gasteiger charge is 2.41. The van der Waals surface area contributed by atoms with E-state index in [1.807, 2.05) is 13.0 Å². The minimum atomic E-state index is -0.729. The Balaban J connectivity index is 2.24. The summed E-state index contributed by atoms with van der Waals surface area (Å²) in [6, 6.07) is 1.92. The highest BCUT2D eigenvalue weighted by Crippen LogP contribution is 2.36. The van der Waals surface area contributed by atoms with E-state index in [2.05, 4.69) is 26.2 Å². The molecule has 0 atom stereocenters. The third kappa shape index (κ3) is 3.61. The zero-order chi connectivity index (χ0) is 15.5. The van der Waals surface area contributed by atoms with Gasteiger partial charge in [-0.05, 0) is 47.3 Å². The Kier molecular flexibility index (Phi) is 5.32. The topological polar surface area (TPSA) is 68.0 Å². The second-order valence-corrected chi connectivity index (χ2v) is 6.99. The van der Waals surface area contributed by atoms with Crippen molar-refractivity contribution < 1.29 is 4.79 Å². The zero-order valence-corrected chi connectivity index (χ0v) is 14.5. The lowest BCUT2D eigenvalue weighted by molar-refractivity contribution is -0.122. The molecule has 4 nitrogen and oxygen atoms in total. The summed E-state index contributed by atoms with van der Waals surface area (Å²) < 4.78 is 0.886. The molecule has 1 aromatic rings. The Morgan fingerprint density at radius 3 is 2.52 bits per heavy atom. The largest absolute Gasteiger partial charge is 0.392 e. The van der Waals surface area contributed by atoms with Crippen molar-refractivity contribution >= 4 is 44.9 Å². The van der Waals surface area contributed by atoms with Crippen LogP contribution in [0.5, 0.6) is 0 Å². The first-order chi connectivity index (χ1) is 9.95. The summed E-state index contributed by atoms with van der Waals surface area (Å²) in [6.45, 7) is 1.91. The van der Waals surface area contributed by atoms with Gasteiger partial charge in [-0.3, -0.25) is 4.79 Å². The molecule has 1 aromatic heterocycles. The maximum Gasteiger partial charge on any atom is 0.238 e. The molecule has 114 valence electrons. The van der Waals surface area contributed by atoms with Crippen LogP contribution >= 0.6 is 28.1 Å². The molecule has 0 aromatic carbocycles. The number of aromatic nitrogens is 1. The standard InChI is InChI=1S/C15H20BrN3OS/c1-10-8-11(16)9-18-12(10)19-14(20)15(13(17)21)6-4-2-3-5-7-15/h8-9H,2-7H2,1H3,(H2,17,21)(H,18,19,20). The number of pyridine rings is 1.